The quantitative estimate of drug-likeness (QED) is 0.788. The van der Waals surface area contributed by atoms with Crippen LogP contribution in [0.4, 0.5) is 4.79 Å². The topological polar surface area (TPSA) is 70.1 Å². The molecule has 0 radical (unpaired) electrons. The molecule has 1 N–H and O–H groups in total. The van der Waals surface area contributed by atoms with Crippen LogP contribution >= 0.6 is 0 Å². The van der Waals surface area contributed by atoms with Crippen molar-refractivity contribution in [2.24, 2.45) is 5.92 Å². The first-order valence-electron chi connectivity index (χ1n) is 8.50. The minimum atomic E-state index is -0.663. The number of hydrogen-bond donors (Lipinski definition) is 1. The molecule has 0 unspecified atom stereocenters. The summed E-state index contributed by atoms with van der Waals surface area (Å²) < 4.78 is 5.25. The maximum Gasteiger partial charge on any atom is 0.409 e. The van der Waals surface area contributed by atoms with Gasteiger partial charge in [-0.1, -0.05) is 13.3 Å². The number of likely N-dealkylation sites (tertiary alicyclic amines) is 2. The fraction of sp³-hybridized carbons (Fsp3) is 0.875. The maximum atomic E-state index is 11.9. The van der Waals surface area contributed by atoms with Crippen LogP contribution in [0.25, 0.3) is 0 Å². The predicted molar refractivity (Wildman–Crippen MR) is 82.8 cm³/mol. The van der Waals surface area contributed by atoms with Crippen LogP contribution in [0.15, 0.2) is 0 Å². The zero-order valence-corrected chi connectivity index (χ0v) is 13.5. The van der Waals surface area contributed by atoms with Gasteiger partial charge in [0, 0.05) is 19.1 Å². The van der Waals surface area contributed by atoms with Gasteiger partial charge in [-0.2, -0.15) is 0 Å². The van der Waals surface area contributed by atoms with Crippen LogP contribution in [-0.2, 0) is 9.53 Å². The Morgan fingerprint density at radius 2 is 1.73 bits per heavy atom. The van der Waals surface area contributed by atoms with Gasteiger partial charge in [0.15, 0.2) is 0 Å². The summed E-state index contributed by atoms with van der Waals surface area (Å²) in [4.78, 5) is 27.1. The van der Waals surface area contributed by atoms with E-state index in [9.17, 15) is 9.59 Å². The lowest BCUT2D eigenvalue weighted by molar-refractivity contribution is -0.143. The number of carbonyl (C=O) groups is 2. The first kappa shape index (κ1) is 17.1. The summed E-state index contributed by atoms with van der Waals surface area (Å²) in [6.45, 7) is 5.80. The monoisotopic (exact) mass is 312 g/mol. The molecule has 2 fully saturated rings. The number of carboxylic acids is 1. The van der Waals surface area contributed by atoms with Crippen molar-refractivity contribution in [3.8, 4) is 0 Å². The second-order valence-corrected chi connectivity index (χ2v) is 6.33. The minimum absolute atomic E-state index is 0.176. The molecular formula is C16H28N2O4. The van der Waals surface area contributed by atoms with E-state index in [1.807, 2.05) is 0 Å². The van der Waals surface area contributed by atoms with Gasteiger partial charge in [0.05, 0.1) is 12.5 Å². The van der Waals surface area contributed by atoms with E-state index in [1.54, 1.807) is 4.90 Å². The third-order valence-corrected chi connectivity index (χ3v) is 4.84. The third-order valence-electron chi connectivity index (χ3n) is 4.84. The lowest BCUT2D eigenvalue weighted by atomic mass is 9.93. The minimum Gasteiger partial charge on any atom is -0.481 e. The summed E-state index contributed by atoms with van der Waals surface area (Å²) in [5.41, 5.74) is 0. The van der Waals surface area contributed by atoms with E-state index in [2.05, 4.69) is 11.8 Å². The van der Waals surface area contributed by atoms with Crippen molar-refractivity contribution in [3.63, 3.8) is 0 Å². The van der Waals surface area contributed by atoms with Crippen molar-refractivity contribution in [2.75, 3.05) is 32.8 Å². The van der Waals surface area contributed by atoms with Gasteiger partial charge in [-0.25, -0.2) is 4.79 Å². The normalized spacial score (nSPS) is 21.8. The highest BCUT2D eigenvalue weighted by Crippen LogP contribution is 2.24. The molecule has 0 aromatic rings. The van der Waals surface area contributed by atoms with Crippen LogP contribution in [0.2, 0.25) is 0 Å². The largest absolute Gasteiger partial charge is 0.481 e. The molecule has 0 aromatic carbocycles. The van der Waals surface area contributed by atoms with E-state index in [-0.39, 0.29) is 12.0 Å². The Kier molecular flexibility index (Phi) is 6.49. The Hall–Kier alpha value is -1.30. The van der Waals surface area contributed by atoms with E-state index in [4.69, 9.17) is 9.84 Å². The number of carboxylic acid groups (broad SMARTS) is 1. The molecule has 0 aromatic heterocycles. The van der Waals surface area contributed by atoms with Gasteiger partial charge in [-0.15, -0.1) is 0 Å². The Balaban J connectivity index is 1.69. The average Bonchev–Trinajstić information content (AvgIpc) is 2.55. The van der Waals surface area contributed by atoms with E-state index in [0.29, 0.717) is 12.6 Å². The van der Waals surface area contributed by atoms with Crippen LogP contribution in [0.1, 0.15) is 45.4 Å². The second-order valence-electron chi connectivity index (χ2n) is 6.33. The number of amides is 1. The van der Waals surface area contributed by atoms with Crippen molar-refractivity contribution in [1.82, 2.24) is 9.80 Å². The van der Waals surface area contributed by atoms with Gasteiger partial charge >= 0.3 is 12.1 Å². The molecule has 2 saturated heterocycles. The maximum absolute atomic E-state index is 11.9. The lowest BCUT2D eigenvalue weighted by Gasteiger charge is -2.40. The summed E-state index contributed by atoms with van der Waals surface area (Å²) in [5.74, 6) is -0.839. The molecule has 1 amide bonds. The van der Waals surface area contributed by atoms with Crippen molar-refractivity contribution in [3.05, 3.63) is 0 Å². The summed E-state index contributed by atoms with van der Waals surface area (Å²) in [5, 5.41) is 9.04. The molecule has 2 rings (SSSR count). The number of rotatable bonds is 5. The summed E-state index contributed by atoms with van der Waals surface area (Å²) in [6.07, 6.45) is 5.17. The lowest BCUT2D eigenvalue weighted by Crippen LogP contribution is -2.49. The fourth-order valence-electron chi connectivity index (χ4n) is 3.32. The zero-order chi connectivity index (χ0) is 15.9. The highest BCUT2D eigenvalue weighted by molar-refractivity contribution is 5.70. The molecule has 0 spiro atoms. The Bertz CT molecular complexity index is 372. The van der Waals surface area contributed by atoms with Crippen LogP contribution in [0.3, 0.4) is 0 Å². The number of aliphatic carboxylic acids is 1. The predicted octanol–water partition coefficient (Wildman–Crippen LogP) is 2.18. The van der Waals surface area contributed by atoms with Crippen molar-refractivity contribution < 1.29 is 19.4 Å². The number of nitrogens with zero attached hydrogens (tertiary/aromatic N) is 2. The number of ether oxygens (including phenoxy) is 1. The van der Waals surface area contributed by atoms with E-state index in [0.717, 1.165) is 64.7 Å². The highest BCUT2D eigenvalue weighted by atomic mass is 16.6. The second kappa shape index (κ2) is 8.36. The molecule has 2 aliphatic rings. The van der Waals surface area contributed by atoms with E-state index < -0.39 is 5.97 Å². The van der Waals surface area contributed by atoms with Crippen LogP contribution in [-0.4, -0.2) is 65.8 Å². The van der Waals surface area contributed by atoms with Gasteiger partial charge in [0.25, 0.3) is 0 Å². The molecule has 6 nitrogen and oxygen atoms in total. The van der Waals surface area contributed by atoms with Crippen LogP contribution in [0.5, 0.6) is 0 Å². The Labute approximate surface area is 132 Å². The average molecular weight is 312 g/mol. The van der Waals surface area contributed by atoms with Gasteiger partial charge in [-0.05, 0) is 45.2 Å². The molecule has 0 saturated carbocycles. The highest BCUT2D eigenvalue weighted by Gasteiger charge is 2.31. The van der Waals surface area contributed by atoms with Crippen molar-refractivity contribution in [1.29, 1.82) is 0 Å². The zero-order valence-electron chi connectivity index (χ0n) is 13.5. The molecule has 0 atom stereocenters. The van der Waals surface area contributed by atoms with Crippen molar-refractivity contribution in [2.45, 2.75) is 51.5 Å². The number of unbranched alkanes of at least 4 members (excludes halogenated alkanes) is 1. The molecular weight excluding hydrogens is 284 g/mol. The summed E-state index contributed by atoms with van der Waals surface area (Å²) >= 11 is 0. The van der Waals surface area contributed by atoms with Crippen molar-refractivity contribution >= 4 is 12.1 Å². The smallest absolute Gasteiger partial charge is 0.409 e. The molecule has 2 aliphatic heterocycles. The number of carbonyl (C=O) groups excluding carboxylic acids is 1. The third kappa shape index (κ3) is 4.60. The van der Waals surface area contributed by atoms with E-state index >= 15 is 0 Å². The SMILES string of the molecule is CCCCOC(=O)N1CCC(N2CCC(C(=O)O)CC2)CC1. The Morgan fingerprint density at radius 1 is 1.09 bits per heavy atom. The van der Waals surface area contributed by atoms with Gasteiger partial charge in [-0.3, -0.25) is 4.79 Å². The molecule has 0 aliphatic carbocycles. The van der Waals surface area contributed by atoms with E-state index in [1.165, 1.54) is 0 Å². The number of piperidine rings is 2. The molecule has 0 bridgehead atoms. The molecule has 2 heterocycles. The summed E-state index contributed by atoms with van der Waals surface area (Å²) in [7, 11) is 0. The number of hydrogen-bond acceptors (Lipinski definition) is 4. The molecule has 22 heavy (non-hydrogen) atoms. The summed E-state index contributed by atoms with van der Waals surface area (Å²) in [6, 6.07) is 0.481. The van der Waals surface area contributed by atoms with Gasteiger partial charge < -0.3 is 19.6 Å². The first-order chi connectivity index (χ1) is 10.6. The first-order valence-corrected chi connectivity index (χ1v) is 8.50. The van der Waals surface area contributed by atoms with Crippen LogP contribution in [0, 0.1) is 5.92 Å². The fourth-order valence-corrected chi connectivity index (χ4v) is 3.32. The Morgan fingerprint density at radius 3 is 2.27 bits per heavy atom. The molecule has 126 valence electrons. The van der Waals surface area contributed by atoms with Gasteiger partial charge in [0.2, 0.25) is 0 Å². The van der Waals surface area contributed by atoms with Crippen LogP contribution < -0.4 is 0 Å². The molecule has 6 heteroatoms. The standard InChI is InChI=1S/C16H28N2O4/c1-2-3-12-22-16(21)18-10-6-14(7-11-18)17-8-4-13(5-9-17)15(19)20/h13-14H,2-12H2,1H3,(H,19,20). The van der Waals surface area contributed by atoms with Gasteiger partial charge in [0.1, 0.15) is 0 Å².